The SMILES string of the molecule is C[C@H]1CCN(C(=O)CC#N)C[C@H]1N(C)c1ncnc2c1ccn2C(=O)N(C)CCN(C)C(=O)OCc1ccc(N=Nc2ccc(O)c(C(=O)NCCCCCC(=O)Oc3c(O)ccc4cc5[n+](cc34)CCc3cc4c(cc3-5)OCO4)c2)cc1. The third-order valence-electron chi connectivity index (χ3n) is 15.4. The molecule has 83 heavy (non-hydrogen) atoms. The van der Waals surface area contributed by atoms with Crippen molar-refractivity contribution >= 4 is 68.9 Å². The highest BCUT2D eigenvalue weighted by molar-refractivity contribution is 5.98. The molecular formula is C60H63N12O11+. The topological polar surface area (TPSA) is 271 Å². The van der Waals surface area contributed by atoms with E-state index in [1.165, 1.54) is 45.0 Å². The number of nitrogens with zero attached hydrogens (tertiary/aromatic N) is 11. The lowest BCUT2D eigenvalue weighted by Crippen LogP contribution is -2.52. The Morgan fingerprint density at radius 2 is 1.64 bits per heavy atom. The number of carbonyl (C=O) groups is 5. The van der Waals surface area contributed by atoms with E-state index in [9.17, 15) is 34.2 Å². The van der Waals surface area contributed by atoms with Crippen molar-refractivity contribution in [1.82, 2.24) is 34.6 Å². The molecule has 10 rings (SSSR count). The minimum Gasteiger partial charge on any atom is -0.507 e. The summed E-state index contributed by atoms with van der Waals surface area (Å²) in [6, 6.07) is 23.8. The molecule has 0 saturated carbocycles. The zero-order chi connectivity index (χ0) is 58.3. The monoisotopic (exact) mass is 1130 g/mol. The Kier molecular flexibility index (Phi) is 16.9. The molecule has 4 aromatic carbocycles. The molecule has 428 valence electrons. The van der Waals surface area contributed by atoms with Crippen molar-refractivity contribution in [3.8, 4) is 46.1 Å². The minimum atomic E-state index is -0.586. The van der Waals surface area contributed by atoms with Crippen molar-refractivity contribution in [3.63, 3.8) is 0 Å². The highest BCUT2D eigenvalue weighted by atomic mass is 16.7. The number of azo groups is 1. The zero-order valence-electron chi connectivity index (χ0n) is 46.5. The summed E-state index contributed by atoms with van der Waals surface area (Å²) in [6.45, 7) is 4.69. The number of carbonyl (C=O) groups excluding carboxylic acids is 5. The lowest BCUT2D eigenvalue weighted by molar-refractivity contribution is -0.686. The Balaban J connectivity index is 0.639. The average molecular weight is 1130 g/mol. The number of amides is 4. The molecule has 0 aliphatic carbocycles. The average Bonchev–Trinajstić information content (AvgIpc) is 4.32. The van der Waals surface area contributed by atoms with Gasteiger partial charge in [-0.05, 0) is 102 Å². The zero-order valence-corrected chi connectivity index (χ0v) is 46.5. The molecule has 7 aromatic rings. The Labute approximate surface area is 477 Å². The first-order valence-electron chi connectivity index (χ1n) is 27.4. The highest BCUT2D eigenvalue weighted by Crippen LogP contribution is 2.42. The molecular weight excluding hydrogens is 1060 g/mol. The maximum Gasteiger partial charge on any atom is 0.409 e. The summed E-state index contributed by atoms with van der Waals surface area (Å²) in [6.07, 6.45) is 7.49. The van der Waals surface area contributed by atoms with Gasteiger partial charge in [-0.1, -0.05) is 25.5 Å². The summed E-state index contributed by atoms with van der Waals surface area (Å²) in [7, 11) is 5.12. The van der Waals surface area contributed by atoms with Crippen molar-refractivity contribution in [2.24, 2.45) is 16.1 Å². The Bertz CT molecular complexity index is 3710. The molecule has 0 spiro atoms. The van der Waals surface area contributed by atoms with Crippen LogP contribution in [-0.4, -0.2) is 136 Å². The maximum absolute atomic E-state index is 13.7. The van der Waals surface area contributed by atoms with Crippen LogP contribution in [0.25, 0.3) is 33.1 Å². The van der Waals surface area contributed by atoms with E-state index >= 15 is 0 Å². The Morgan fingerprint density at radius 3 is 2.45 bits per heavy atom. The fourth-order valence-electron chi connectivity index (χ4n) is 10.5. The number of unbranched alkanes of at least 4 members (excludes halogenated alkanes) is 2. The van der Waals surface area contributed by atoms with Gasteiger partial charge in [0, 0.05) is 79.0 Å². The summed E-state index contributed by atoms with van der Waals surface area (Å²) in [4.78, 5) is 80.9. The number of nitriles is 1. The molecule has 3 aliphatic heterocycles. The molecule has 2 atom stereocenters. The summed E-state index contributed by atoms with van der Waals surface area (Å²) >= 11 is 0. The van der Waals surface area contributed by atoms with Crippen molar-refractivity contribution in [2.45, 2.75) is 71.1 Å². The molecule has 0 radical (unpaired) electrons. The number of hydrogen-bond acceptors (Lipinski definition) is 17. The van der Waals surface area contributed by atoms with Crippen LogP contribution in [0.4, 0.5) is 26.8 Å². The maximum atomic E-state index is 13.7. The van der Waals surface area contributed by atoms with Crippen molar-refractivity contribution < 1.29 is 57.7 Å². The number of nitrogens with one attached hydrogen (secondary N) is 1. The van der Waals surface area contributed by atoms with E-state index in [2.05, 4.69) is 37.0 Å². The number of benzene rings is 4. The largest absolute Gasteiger partial charge is 0.507 e. The van der Waals surface area contributed by atoms with Gasteiger partial charge in [0.15, 0.2) is 41.4 Å². The lowest BCUT2D eigenvalue weighted by atomic mass is 9.92. The number of aromatic hydroxyl groups is 2. The van der Waals surface area contributed by atoms with Crippen LogP contribution in [0, 0.1) is 17.2 Å². The van der Waals surface area contributed by atoms with E-state index in [-0.39, 0.29) is 92.6 Å². The number of esters is 1. The van der Waals surface area contributed by atoms with Crippen molar-refractivity contribution in [3.05, 3.63) is 114 Å². The molecule has 6 heterocycles. The number of phenolic OH excluding ortho intramolecular Hbond substituents is 2. The van der Waals surface area contributed by atoms with Gasteiger partial charge in [0.05, 0.1) is 45.4 Å². The van der Waals surface area contributed by atoms with Gasteiger partial charge < -0.3 is 54.1 Å². The molecule has 23 heteroatoms. The molecule has 0 bridgehead atoms. The van der Waals surface area contributed by atoms with E-state index in [4.69, 9.17) is 24.2 Å². The van der Waals surface area contributed by atoms with E-state index < -0.39 is 18.0 Å². The fraction of sp³-hybridized carbons (Fsp3) is 0.350. The summed E-state index contributed by atoms with van der Waals surface area (Å²) in [5.41, 5.74) is 5.12. The molecule has 1 fully saturated rings. The third-order valence-corrected chi connectivity index (χ3v) is 15.4. The predicted molar refractivity (Wildman–Crippen MR) is 303 cm³/mol. The van der Waals surface area contributed by atoms with Crippen LogP contribution in [0.1, 0.15) is 66.9 Å². The molecule has 3 aliphatic rings. The first-order valence-corrected chi connectivity index (χ1v) is 27.4. The number of ether oxygens (including phenoxy) is 4. The number of piperidine rings is 1. The first kappa shape index (κ1) is 56.4. The molecule has 23 nitrogen and oxygen atoms in total. The number of fused-ring (bicyclic) bond motifs is 6. The van der Waals surface area contributed by atoms with Gasteiger partial charge in [0.25, 0.3) is 5.91 Å². The van der Waals surface area contributed by atoms with Crippen LogP contribution in [-0.2, 0) is 33.9 Å². The number of aromatic nitrogens is 4. The van der Waals surface area contributed by atoms with Gasteiger partial charge >= 0.3 is 18.1 Å². The molecule has 3 aromatic heterocycles. The van der Waals surface area contributed by atoms with Gasteiger partial charge in [-0.3, -0.25) is 19.0 Å². The van der Waals surface area contributed by atoms with Gasteiger partial charge in [-0.2, -0.15) is 20.1 Å². The number of hydrogen-bond donors (Lipinski definition) is 3. The highest BCUT2D eigenvalue weighted by Gasteiger charge is 2.34. The number of likely N-dealkylation sites (N-methyl/N-ethyl adjacent to an activating group) is 3. The number of aryl methyl sites for hydroxylation is 2. The van der Waals surface area contributed by atoms with Crippen LogP contribution in [0.15, 0.2) is 108 Å². The molecule has 3 N–H and O–H groups in total. The molecule has 0 unspecified atom stereocenters. The summed E-state index contributed by atoms with van der Waals surface area (Å²) in [5.74, 6) is 0.862. The van der Waals surface area contributed by atoms with Crippen molar-refractivity contribution in [1.29, 1.82) is 5.26 Å². The third kappa shape index (κ3) is 12.6. The van der Waals surface area contributed by atoms with Crippen LogP contribution in [0.5, 0.6) is 28.7 Å². The molecule has 1 saturated heterocycles. The number of rotatable bonds is 18. The van der Waals surface area contributed by atoms with E-state index in [1.54, 1.807) is 61.6 Å². The van der Waals surface area contributed by atoms with Crippen LogP contribution < -0.4 is 29.0 Å². The van der Waals surface area contributed by atoms with Crippen molar-refractivity contribution in [2.75, 3.05) is 65.6 Å². The second-order valence-electron chi connectivity index (χ2n) is 20.9. The van der Waals surface area contributed by atoms with E-state index in [0.29, 0.717) is 83.8 Å². The van der Waals surface area contributed by atoms with Crippen LogP contribution in [0.2, 0.25) is 0 Å². The van der Waals surface area contributed by atoms with E-state index in [0.717, 1.165) is 40.8 Å². The first-order chi connectivity index (χ1) is 40.1. The van der Waals surface area contributed by atoms with E-state index in [1.807, 2.05) is 42.4 Å². The molecule has 4 amide bonds. The van der Waals surface area contributed by atoms with Gasteiger partial charge in [0.1, 0.15) is 30.9 Å². The quantitative estimate of drug-likeness (QED) is 0.0240. The van der Waals surface area contributed by atoms with Gasteiger partial charge in [-0.25, -0.2) is 19.6 Å². The number of pyridine rings is 1. The smallest absolute Gasteiger partial charge is 0.409 e. The Hall–Kier alpha value is -9.85. The minimum absolute atomic E-state index is 0.0201. The van der Waals surface area contributed by atoms with Crippen LogP contribution in [0.3, 0.4) is 0 Å². The normalized spacial score (nSPS) is 15.1. The summed E-state index contributed by atoms with van der Waals surface area (Å²) < 4.78 is 26.0. The standard InChI is InChI=1S/C60H62N12O11/c1-37-18-23-71(53(75)17-21-61)33-48(37)69(4)56-43-20-25-72(57(43)64-35-63-56)59(78)67(2)26-27-68(3)60(79)80-34-38-9-12-41(13-10-38)65-66-42-14-16-49(73)45(30-42)58(77)62-22-7-5-6-8-54(76)83-55-46-32-70-24-19-40-29-51-52(82-36-81-51)31-44(40)47(70)28-39(46)11-15-50(55)74/h9-16,20,25,28-32,35,37,48H,5-8,17-19,22-24,26-27,33-34,36H2,1-4H3,(H2-,62,65,73,74,77)/p+1/t37-,48+/m0/s1. The lowest BCUT2D eigenvalue weighted by Gasteiger charge is -2.42. The number of phenols is 2. The second-order valence-corrected chi connectivity index (χ2v) is 20.9. The summed E-state index contributed by atoms with van der Waals surface area (Å²) in [5, 5.41) is 43.8. The fourth-order valence-corrected chi connectivity index (χ4v) is 10.5. The predicted octanol–water partition coefficient (Wildman–Crippen LogP) is 8.30. The Morgan fingerprint density at radius 1 is 0.880 bits per heavy atom. The number of anilines is 1. The van der Waals surface area contributed by atoms with Gasteiger partial charge in [-0.15, -0.1) is 0 Å². The second kappa shape index (κ2) is 24.9. The van der Waals surface area contributed by atoms with Gasteiger partial charge in [0.2, 0.25) is 18.4 Å². The van der Waals surface area contributed by atoms with Crippen LogP contribution >= 0.6 is 0 Å². The number of likely N-dealkylation sites (tertiary alicyclic amines) is 1.